The van der Waals surface area contributed by atoms with Gasteiger partial charge in [0.2, 0.25) is 11.8 Å². The van der Waals surface area contributed by atoms with Crippen LogP contribution in [-0.2, 0) is 27.3 Å². The van der Waals surface area contributed by atoms with Gasteiger partial charge in [0.05, 0.1) is 39.4 Å². The fourth-order valence-corrected chi connectivity index (χ4v) is 11.0. The van der Waals surface area contributed by atoms with E-state index in [2.05, 4.69) is 54.7 Å². The highest BCUT2D eigenvalue weighted by atomic mass is 35.5. The molecule has 14 nitrogen and oxygen atoms in total. The number of rotatable bonds is 18. The predicted molar refractivity (Wildman–Crippen MR) is 273 cm³/mol. The lowest BCUT2D eigenvalue weighted by molar-refractivity contribution is -0.164. The molecule has 1 aliphatic heterocycles. The Balaban J connectivity index is 0.863. The molecule has 2 heterocycles. The minimum absolute atomic E-state index is 0.0335. The molecule has 0 spiro atoms. The average Bonchev–Trinajstić information content (AvgIpc) is 3.96. The minimum Gasteiger partial charge on any atom is -0.494 e. The van der Waals surface area contributed by atoms with Crippen LogP contribution in [0.2, 0.25) is 5.02 Å². The van der Waals surface area contributed by atoms with Crippen molar-refractivity contribution >= 4 is 46.6 Å². The molecule has 1 saturated carbocycles. The third-order valence-corrected chi connectivity index (χ3v) is 14.7. The summed E-state index contributed by atoms with van der Waals surface area (Å²) in [5.41, 5.74) is 4.90. The summed E-state index contributed by atoms with van der Waals surface area (Å²) in [7, 11) is 0. The van der Waals surface area contributed by atoms with Crippen LogP contribution in [0.15, 0.2) is 96.5 Å². The van der Waals surface area contributed by atoms with E-state index in [1.807, 2.05) is 75.7 Å². The second-order valence-corrected chi connectivity index (χ2v) is 21.9. The Labute approximate surface area is 425 Å². The lowest BCUT2D eigenvalue weighted by Crippen LogP contribution is -2.74. The molecule has 5 aromatic rings. The number of aryl methyl sites for hydroxylation is 2. The van der Waals surface area contributed by atoms with Crippen molar-refractivity contribution in [2.24, 2.45) is 16.2 Å². The molecule has 3 atom stereocenters. The second-order valence-electron chi connectivity index (χ2n) is 20.6. The minimum atomic E-state index is -1.00. The SMILES string of the molecule is Cc1ncsc1-c1ccc(CNC(=O)[C@@H]2C[C@@H](O)CN2C(=O)C(NC(=O)COc2ccccc2CCCOc2ccc(C(=O)N[C@H]3C(C)(C)[C@H](Oc4ccc(C#N)c(Cl)c4)C3(C)C)cc2)C(C)(C)C)cc1. The number of nitrogens with one attached hydrogen (secondary N) is 3. The number of nitrogens with zero attached hydrogens (tertiary/aromatic N) is 3. The van der Waals surface area contributed by atoms with Crippen molar-refractivity contribution in [1.82, 2.24) is 25.8 Å². The Morgan fingerprint density at radius 2 is 1.65 bits per heavy atom. The van der Waals surface area contributed by atoms with Crippen LogP contribution in [0, 0.1) is 34.5 Å². The molecule has 0 bridgehead atoms. The predicted octanol–water partition coefficient (Wildman–Crippen LogP) is 8.46. The number of para-hydroxylation sites is 1. The number of aliphatic hydroxyl groups is 1. The highest BCUT2D eigenvalue weighted by Crippen LogP contribution is 2.55. The van der Waals surface area contributed by atoms with Crippen LogP contribution in [0.1, 0.15) is 94.1 Å². The van der Waals surface area contributed by atoms with Gasteiger partial charge in [-0.05, 0) is 84.3 Å². The average molecular weight is 1000 g/mol. The molecular weight excluding hydrogens is 940 g/mol. The zero-order valence-electron chi connectivity index (χ0n) is 41.5. The first-order valence-corrected chi connectivity index (χ1v) is 25.1. The number of thiazole rings is 1. The zero-order chi connectivity index (χ0) is 51.3. The Bertz CT molecular complexity index is 2750. The van der Waals surface area contributed by atoms with Crippen LogP contribution in [0.5, 0.6) is 17.2 Å². The normalized spacial score (nSPS) is 19.4. The number of likely N-dealkylation sites (tertiary alicyclic amines) is 1. The molecule has 4 amide bonds. The van der Waals surface area contributed by atoms with Gasteiger partial charge in [-0.1, -0.05) is 103 Å². The van der Waals surface area contributed by atoms with Gasteiger partial charge in [0.1, 0.15) is 41.5 Å². The van der Waals surface area contributed by atoms with Crippen molar-refractivity contribution in [2.45, 2.75) is 112 Å². The number of hydrogen-bond acceptors (Lipinski definition) is 11. The molecule has 4 aromatic carbocycles. The van der Waals surface area contributed by atoms with Gasteiger partial charge in [0.15, 0.2) is 6.61 Å². The maximum atomic E-state index is 14.2. The van der Waals surface area contributed by atoms with Crippen LogP contribution in [0.4, 0.5) is 0 Å². The molecule has 374 valence electrons. The Kier molecular flexibility index (Phi) is 16.1. The van der Waals surface area contributed by atoms with Gasteiger partial charge in [-0.15, -0.1) is 11.3 Å². The van der Waals surface area contributed by atoms with Gasteiger partial charge in [0, 0.05) is 48.0 Å². The van der Waals surface area contributed by atoms with Crippen LogP contribution in [-0.4, -0.2) is 88.7 Å². The molecule has 2 aliphatic rings. The van der Waals surface area contributed by atoms with Gasteiger partial charge < -0.3 is 40.2 Å². The van der Waals surface area contributed by atoms with Crippen LogP contribution in [0.3, 0.4) is 0 Å². The van der Waals surface area contributed by atoms with Crippen LogP contribution in [0.25, 0.3) is 10.4 Å². The molecule has 1 aliphatic carbocycles. The Morgan fingerprint density at radius 1 is 0.958 bits per heavy atom. The van der Waals surface area contributed by atoms with E-state index in [1.165, 1.54) is 4.90 Å². The third-order valence-electron chi connectivity index (χ3n) is 13.4. The molecule has 71 heavy (non-hydrogen) atoms. The van der Waals surface area contributed by atoms with E-state index in [0.29, 0.717) is 52.8 Å². The molecule has 1 saturated heterocycles. The maximum Gasteiger partial charge on any atom is 0.258 e. The first kappa shape index (κ1) is 52.4. The van der Waals surface area contributed by atoms with Crippen LogP contribution < -0.4 is 30.2 Å². The summed E-state index contributed by atoms with van der Waals surface area (Å²) in [5.74, 6) is 0.161. The summed E-state index contributed by atoms with van der Waals surface area (Å²) in [5, 5.41) is 29.2. The fraction of sp³-hybridized carbons (Fsp3) is 0.418. The summed E-state index contributed by atoms with van der Waals surface area (Å²) >= 11 is 7.82. The Morgan fingerprint density at radius 3 is 2.30 bits per heavy atom. The van der Waals surface area contributed by atoms with E-state index >= 15 is 0 Å². The van der Waals surface area contributed by atoms with E-state index in [-0.39, 0.29) is 50.1 Å². The number of ether oxygens (including phenoxy) is 3. The van der Waals surface area contributed by atoms with E-state index in [0.717, 1.165) is 27.3 Å². The Hall–Kier alpha value is -6.47. The highest BCUT2D eigenvalue weighted by molar-refractivity contribution is 7.13. The van der Waals surface area contributed by atoms with E-state index < -0.39 is 46.2 Å². The van der Waals surface area contributed by atoms with E-state index in [9.17, 15) is 29.5 Å². The molecule has 2 fully saturated rings. The number of carbonyl (C=O) groups is 4. The molecular formula is C55H63ClN6O8S. The molecule has 16 heteroatoms. The number of hydrogen-bond donors (Lipinski definition) is 4. The summed E-state index contributed by atoms with van der Waals surface area (Å²) < 4.78 is 18.4. The van der Waals surface area contributed by atoms with Gasteiger partial charge in [-0.25, -0.2) is 4.98 Å². The number of carbonyl (C=O) groups excluding carboxylic acids is 4. The number of aromatic nitrogens is 1. The summed E-state index contributed by atoms with van der Waals surface area (Å²) in [6, 6.07) is 27.3. The smallest absolute Gasteiger partial charge is 0.258 e. The molecule has 0 radical (unpaired) electrons. The summed E-state index contributed by atoms with van der Waals surface area (Å²) in [6.07, 6.45) is 0.192. The monoisotopic (exact) mass is 1000 g/mol. The van der Waals surface area contributed by atoms with Gasteiger partial charge in [0.25, 0.3) is 11.8 Å². The van der Waals surface area contributed by atoms with Crippen molar-refractivity contribution in [3.05, 3.63) is 129 Å². The van der Waals surface area contributed by atoms with Crippen molar-refractivity contribution in [3.8, 4) is 33.8 Å². The van der Waals surface area contributed by atoms with Crippen molar-refractivity contribution in [2.75, 3.05) is 19.8 Å². The lowest BCUT2D eigenvalue weighted by Gasteiger charge is -2.63. The fourth-order valence-electron chi connectivity index (χ4n) is 9.94. The number of halogens is 1. The van der Waals surface area contributed by atoms with Crippen molar-refractivity contribution in [3.63, 3.8) is 0 Å². The van der Waals surface area contributed by atoms with Gasteiger partial charge in [-0.2, -0.15) is 5.26 Å². The number of β-amino-alcohol motifs (C(OH)–C–C–N with tert-alkyl or cyclic N) is 1. The first-order valence-electron chi connectivity index (χ1n) is 23.8. The van der Waals surface area contributed by atoms with Gasteiger partial charge >= 0.3 is 0 Å². The molecule has 4 N–H and O–H groups in total. The zero-order valence-corrected chi connectivity index (χ0v) is 43.1. The first-order chi connectivity index (χ1) is 33.7. The van der Waals surface area contributed by atoms with Crippen molar-refractivity contribution in [1.29, 1.82) is 5.26 Å². The van der Waals surface area contributed by atoms with Crippen LogP contribution >= 0.6 is 22.9 Å². The quantitative estimate of drug-likeness (QED) is 0.0620. The number of aliphatic hydroxyl groups excluding tert-OH is 1. The standard InChI is InChI=1S/C55H63ClN6O8S/c1-33-46(71-32-59-33)36-17-15-34(16-18-36)29-58-49(66)43-26-39(63)30-62(43)50(67)47(53(2,3)4)60-45(64)31-69-44-14-10-9-12-35(44)13-11-25-68-40-22-19-37(20-23-40)48(65)61-51-54(5,6)52(55(51,7)8)70-41-24-21-38(28-57)42(56)27-41/h9-10,12,14-24,27,32,39,43,47,51-52,63H,11,13,25-26,29-31H2,1-8H3,(H,58,66)(H,60,64)(H,61,65)/t39-,43+,47?,51-,52-/m1/s1. The lowest BCUT2D eigenvalue weighted by atomic mass is 9.49. The number of benzene rings is 4. The third kappa shape index (κ3) is 12.2. The molecule has 1 aromatic heterocycles. The maximum absolute atomic E-state index is 14.2. The summed E-state index contributed by atoms with van der Waals surface area (Å²) in [6.45, 7) is 15.9. The largest absolute Gasteiger partial charge is 0.494 e. The summed E-state index contributed by atoms with van der Waals surface area (Å²) in [4.78, 5) is 61.4. The number of amides is 4. The van der Waals surface area contributed by atoms with E-state index in [1.54, 1.807) is 59.9 Å². The second kappa shape index (κ2) is 21.9. The highest BCUT2D eigenvalue weighted by Gasteiger charge is 2.64. The molecule has 7 rings (SSSR count). The van der Waals surface area contributed by atoms with E-state index in [4.69, 9.17) is 25.8 Å². The topological polar surface area (TPSA) is 192 Å². The molecule has 1 unspecified atom stereocenters. The number of nitriles is 1. The van der Waals surface area contributed by atoms with Gasteiger partial charge in [-0.3, -0.25) is 19.2 Å². The van der Waals surface area contributed by atoms with Crippen molar-refractivity contribution < 1.29 is 38.5 Å².